The van der Waals surface area contributed by atoms with Crippen molar-refractivity contribution in [2.45, 2.75) is 120 Å². The van der Waals surface area contributed by atoms with Gasteiger partial charge in [-0.3, -0.25) is 0 Å². The highest BCUT2D eigenvalue weighted by molar-refractivity contribution is 7.89. The summed E-state index contributed by atoms with van der Waals surface area (Å²) in [6.07, 6.45) is 3.34. The van der Waals surface area contributed by atoms with Crippen molar-refractivity contribution in [3.05, 3.63) is 60.2 Å². The van der Waals surface area contributed by atoms with E-state index < -0.39 is 26.7 Å². The van der Waals surface area contributed by atoms with Gasteiger partial charge in [-0.15, -0.1) is 0 Å². The third-order valence-electron chi connectivity index (χ3n) is 10.5. The van der Waals surface area contributed by atoms with E-state index in [4.69, 9.17) is 8.85 Å². The van der Waals surface area contributed by atoms with Crippen molar-refractivity contribution >= 4 is 43.1 Å². The molecule has 1 saturated carbocycles. The molecule has 0 amide bonds. The number of sulfonamides is 1. The molecule has 1 fully saturated rings. The Balaban J connectivity index is 1.56. The Hall–Kier alpha value is -2.34. The molecule has 9 heteroatoms. The molecule has 0 bridgehead atoms. The van der Waals surface area contributed by atoms with Gasteiger partial charge in [0.15, 0.2) is 0 Å². The minimum Gasteiger partial charge on any atom is -0.543 e. The Labute approximate surface area is 275 Å². The lowest BCUT2D eigenvalue weighted by atomic mass is 9.81. The molecular formula is C36H56N2O4SSi2. The van der Waals surface area contributed by atoms with E-state index in [2.05, 4.69) is 90.7 Å². The van der Waals surface area contributed by atoms with Crippen LogP contribution in [-0.4, -0.2) is 45.2 Å². The Morgan fingerprint density at radius 2 is 1.31 bits per heavy atom. The Morgan fingerprint density at radius 3 is 1.89 bits per heavy atom. The highest BCUT2D eigenvalue weighted by Crippen LogP contribution is 2.45. The van der Waals surface area contributed by atoms with Gasteiger partial charge in [0.2, 0.25) is 26.7 Å². The van der Waals surface area contributed by atoms with Gasteiger partial charge in [-0.1, -0.05) is 71.9 Å². The normalized spacial score (nSPS) is 18.6. The van der Waals surface area contributed by atoms with Crippen LogP contribution in [0.15, 0.2) is 59.5 Å². The van der Waals surface area contributed by atoms with Crippen LogP contribution in [0.1, 0.15) is 78.7 Å². The molecule has 0 heterocycles. The molecule has 0 atom stereocenters. The second-order valence-corrected chi connectivity index (χ2v) is 27.2. The van der Waals surface area contributed by atoms with E-state index in [1.54, 1.807) is 6.07 Å². The number of rotatable bonds is 9. The third kappa shape index (κ3) is 7.80. The monoisotopic (exact) mass is 668 g/mol. The minimum absolute atomic E-state index is 0.0609. The van der Waals surface area contributed by atoms with Gasteiger partial charge in [-0.25, -0.2) is 13.1 Å². The molecule has 0 aliphatic heterocycles. The molecule has 0 unspecified atom stereocenters. The molecule has 3 aromatic rings. The van der Waals surface area contributed by atoms with Crippen LogP contribution in [0.25, 0.3) is 10.8 Å². The maximum absolute atomic E-state index is 13.7. The first kappa shape index (κ1) is 35.5. The van der Waals surface area contributed by atoms with Crippen LogP contribution >= 0.6 is 0 Å². The van der Waals surface area contributed by atoms with Crippen molar-refractivity contribution in [1.29, 1.82) is 0 Å². The molecule has 1 aliphatic rings. The highest BCUT2D eigenvalue weighted by atomic mass is 32.2. The molecule has 0 aromatic heterocycles. The fourth-order valence-electron chi connectivity index (χ4n) is 5.57. The third-order valence-corrected chi connectivity index (χ3v) is 20.7. The molecule has 0 saturated heterocycles. The number of nitrogens with one attached hydrogen (secondary N) is 1. The summed E-state index contributed by atoms with van der Waals surface area (Å²) in [5.41, 5.74) is 2.22. The predicted molar refractivity (Wildman–Crippen MR) is 196 cm³/mol. The fourth-order valence-corrected chi connectivity index (χ4v) is 9.16. The van der Waals surface area contributed by atoms with Crippen LogP contribution in [0.3, 0.4) is 0 Å². The molecule has 248 valence electrons. The van der Waals surface area contributed by atoms with Crippen LogP contribution in [0, 0.1) is 0 Å². The van der Waals surface area contributed by atoms with Crippen molar-refractivity contribution in [2.75, 3.05) is 19.0 Å². The molecule has 1 aliphatic carbocycles. The van der Waals surface area contributed by atoms with Crippen molar-refractivity contribution in [1.82, 2.24) is 4.72 Å². The van der Waals surface area contributed by atoms with Gasteiger partial charge in [0.05, 0.1) is 4.90 Å². The zero-order chi connectivity index (χ0) is 33.6. The second-order valence-electron chi connectivity index (χ2n) is 16.1. The SMILES string of the molecule is CN(C)c1cccc2c(S(=O)(=O)NC3CCC(c4ccc(O[Si](C)(C)C(C)(C)C)cc4O[Si](C)(C)C(C)(C)C)CC3)cccc12. The lowest BCUT2D eigenvalue weighted by molar-refractivity contribution is 0.367. The van der Waals surface area contributed by atoms with Crippen molar-refractivity contribution in [3.8, 4) is 11.5 Å². The predicted octanol–water partition coefficient (Wildman–Crippen LogP) is 9.68. The summed E-state index contributed by atoms with van der Waals surface area (Å²) in [5, 5.41) is 1.84. The largest absolute Gasteiger partial charge is 0.543 e. The quantitative estimate of drug-likeness (QED) is 0.230. The summed E-state index contributed by atoms with van der Waals surface area (Å²) in [6, 6.07) is 17.7. The number of benzene rings is 3. The Morgan fingerprint density at radius 1 is 0.756 bits per heavy atom. The van der Waals surface area contributed by atoms with Gasteiger partial charge in [0.25, 0.3) is 0 Å². The van der Waals surface area contributed by atoms with E-state index in [0.29, 0.717) is 10.8 Å². The lowest BCUT2D eigenvalue weighted by Gasteiger charge is -2.39. The second kappa shape index (κ2) is 12.7. The summed E-state index contributed by atoms with van der Waals surface area (Å²) in [7, 11) is -3.88. The van der Waals surface area contributed by atoms with Crippen molar-refractivity contribution < 1.29 is 17.3 Å². The van der Waals surface area contributed by atoms with Crippen LogP contribution in [0.2, 0.25) is 36.3 Å². The van der Waals surface area contributed by atoms with Crippen LogP contribution in [0.5, 0.6) is 11.5 Å². The van der Waals surface area contributed by atoms with Gasteiger partial charge >= 0.3 is 0 Å². The first-order valence-corrected chi connectivity index (χ1v) is 23.7. The van der Waals surface area contributed by atoms with Crippen molar-refractivity contribution in [2.24, 2.45) is 0 Å². The molecule has 0 spiro atoms. The van der Waals surface area contributed by atoms with E-state index >= 15 is 0 Å². The topological polar surface area (TPSA) is 67.9 Å². The van der Waals surface area contributed by atoms with Gasteiger partial charge in [0, 0.05) is 42.7 Å². The summed E-state index contributed by atoms with van der Waals surface area (Å²) in [5.74, 6) is 2.12. The molecule has 1 N–H and O–H groups in total. The van der Waals surface area contributed by atoms with Crippen LogP contribution < -0.4 is 18.5 Å². The van der Waals surface area contributed by atoms with E-state index in [1.807, 2.05) is 49.3 Å². The van der Waals surface area contributed by atoms with Crippen LogP contribution in [0.4, 0.5) is 5.69 Å². The highest BCUT2D eigenvalue weighted by Gasteiger charge is 2.41. The van der Waals surface area contributed by atoms with Crippen molar-refractivity contribution in [3.63, 3.8) is 0 Å². The fraction of sp³-hybridized carbons (Fsp3) is 0.556. The summed E-state index contributed by atoms with van der Waals surface area (Å²) >= 11 is 0. The summed E-state index contributed by atoms with van der Waals surface area (Å²) in [6.45, 7) is 22.7. The molecule has 45 heavy (non-hydrogen) atoms. The maximum atomic E-state index is 13.7. The molecule has 4 rings (SSSR count). The van der Waals surface area contributed by atoms with Gasteiger partial charge in [-0.2, -0.15) is 0 Å². The zero-order valence-electron chi connectivity index (χ0n) is 29.7. The average molecular weight is 669 g/mol. The Bertz CT molecular complexity index is 1610. The minimum atomic E-state index is -3.70. The average Bonchev–Trinajstić information content (AvgIpc) is 2.91. The zero-order valence-corrected chi connectivity index (χ0v) is 32.5. The number of anilines is 1. The summed E-state index contributed by atoms with van der Waals surface area (Å²) in [4.78, 5) is 2.36. The van der Waals surface area contributed by atoms with E-state index in [0.717, 1.165) is 53.6 Å². The standard InChI is InChI=1S/C36H56N2O4SSi2/c1-35(2,3)44(9,10)41-28-23-24-29(33(25-28)42-45(11,12)36(4,5)6)26-19-21-27(22-20-26)37-43(39,40)34-18-14-15-30-31(34)16-13-17-32(30)38(7)8/h13-18,23-27,37H,19-22H2,1-12H3. The van der Waals surface area contributed by atoms with Gasteiger partial charge < -0.3 is 13.8 Å². The van der Waals surface area contributed by atoms with Crippen LogP contribution in [-0.2, 0) is 10.0 Å². The van der Waals surface area contributed by atoms with E-state index in [-0.39, 0.29) is 16.1 Å². The van der Waals surface area contributed by atoms with Gasteiger partial charge in [0.1, 0.15) is 11.5 Å². The molecule has 3 aromatic carbocycles. The number of hydrogen-bond acceptors (Lipinski definition) is 5. The smallest absolute Gasteiger partial charge is 0.250 e. The first-order chi connectivity index (χ1) is 20.6. The number of fused-ring (bicyclic) bond motifs is 1. The number of nitrogens with zero attached hydrogens (tertiary/aromatic N) is 1. The molecular weight excluding hydrogens is 613 g/mol. The number of hydrogen-bond donors (Lipinski definition) is 1. The summed E-state index contributed by atoms with van der Waals surface area (Å²) < 4.78 is 44.2. The molecule has 0 radical (unpaired) electrons. The maximum Gasteiger partial charge on any atom is 0.250 e. The van der Waals surface area contributed by atoms with E-state index in [9.17, 15) is 8.42 Å². The van der Waals surface area contributed by atoms with Gasteiger partial charge in [-0.05, 0) is 91.6 Å². The molecule has 6 nitrogen and oxygen atoms in total. The lowest BCUT2D eigenvalue weighted by Crippen LogP contribution is -2.44. The van der Waals surface area contributed by atoms with E-state index in [1.165, 1.54) is 5.56 Å². The Kier molecular flexibility index (Phi) is 10.0. The first-order valence-electron chi connectivity index (χ1n) is 16.4.